The molecule has 1 heterocycles. The predicted octanol–water partition coefficient (Wildman–Crippen LogP) is 2.20. The summed E-state index contributed by atoms with van der Waals surface area (Å²) in [6.07, 6.45) is 1.61. The molecule has 3 N–H and O–H groups in total. The van der Waals surface area contributed by atoms with Crippen molar-refractivity contribution < 1.29 is 4.74 Å². The largest absolute Gasteiger partial charge is 0.494 e. The molecule has 0 unspecified atom stereocenters. The van der Waals surface area contributed by atoms with Crippen LogP contribution in [0.15, 0.2) is 36.5 Å². The SMILES string of the molecule is CCOc1cccc(Nc2nccc(N)n2)c1. The fourth-order valence-corrected chi connectivity index (χ4v) is 1.39. The number of rotatable bonds is 4. The topological polar surface area (TPSA) is 73.1 Å². The van der Waals surface area contributed by atoms with Crippen LogP contribution < -0.4 is 15.8 Å². The first-order valence-electron chi connectivity index (χ1n) is 5.36. The Bertz CT molecular complexity index is 501. The third kappa shape index (κ3) is 3.07. The molecule has 1 aromatic carbocycles. The van der Waals surface area contributed by atoms with Crippen LogP contribution in [0.4, 0.5) is 17.5 Å². The molecular formula is C12H14N4O. The minimum Gasteiger partial charge on any atom is -0.494 e. The average Bonchev–Trinajstić information content (AvgIpc) is 2.30. The Labute approximate surface area is 99.7 Å². The van der Waals surface area contributed by atoms with E-state index in [0.29, 0.717) is 18.4 Å². The van der Waals surface area contributed by atoms with Crippen molar-refractivity contribution in [2.75, 3.05) is 17.7 Å². The predicted molar refractivity (Wildman–Crippen MR) is 67.3 cm³/mol. The van der Waals surface area contributed by atoms with E-state index in [0.717, 1.165) is 11.4 Å². The van der Waals surface area contributed by atoms with Crippen LogP contribution in [0.5, 0.6) is 5.75 Å². The minimum atomic E-state index is 0.434. The highest BCUT2D eigenvalue weighted by molar-refractivity contribution is 5.56. The summed E-state index contributed by atoms with van der Waals surface area (Å²) < 4.78 is 5.40. The van der Waals surface area contributed by atoms with Gasteiger partial charge in [0.1, 0.15) is 11.6 Å². The molecule has 17 heavy (non-hydrogen) atoms. The van der Waals surface area contributed by atoms with Crippen molar-refractivity contribution in [3.63, 3.8) is 0 Å². The lowest BCUT2D eigenvalue weighted by molar-refractivity contribution is 0.340. The number of nitrogen functional groups attached to an aromatic ring is 1. The van der Waals surface area contributed by atoms with E-state index in [-0.39, 0.29) is 0 Å². The number of hydrogen-bond donors (Lipinski definition) is 2. The molecule has 5 heteroatoms. The fourth-order valence-electron chi connectivity index (χ4n) is 1.39. The Balaban J connectivity index is 2.15. The maximum Gasteiger partial charge on any atom is 0.229 e. The second-order valence-electron chi connectivity index (χ2n) is 3.39. The summed E-state index contributed by atoms with van der Waals surface area (Å²) in [5.41, 5.74) is 6.44. The summed E-state index contributed by atoms with van der Waals surface area (Å²) in [5, 5.41) is 3.06. The number of ether oxygens (including phenoxy) is 1. The van der Waals surface area contributed by atoms with E-state index in [1.54, 1.807) is 12.3 Å². The van der Waals surface area contributed by atoms with Crippen molar-refractivity contribution in [1.82, 2.24) is 9.97 Å². The van der Waals surface area contributed by atoms with Crippen LogP contribution in [-0.4, -0.2) is 16.6 Å². The van der Waals surface area contributed by atoms with Gasteiger partial charge in [-0.25, -0.2) is 4.98 Å². The van der Waals surface area contributed by atoms with E-state index < -0.39 is 0 Å². The van der Waals surface area contributed by atoms with Crippen LogP contribution in [0.25, 0.3) is 0 Å². The first-order chi connectivity index (χ1) is 8.28. The Morgan fingerprint density at radius 1 is 1.35 bits per heavy atom. The Kier molecular flexibility index (Phi) is 3.40. The molecule has 0 aliphatic rings. The fraction of sp³-hybridized carbons (Fsp3) is 0.167. The number of aromatic nitrogens is 2. The second-order valence-corrected chi connectivity index (χ2v) is 3.39. The van der Waals surface area contributed by atoms with Crippen LogP contribution >= 0.6 is 0 Å². The number of nitrogens with one attached hydrogen (secondary N) is 1. The third-order valence-electron chi connectivity index (χ3n) is 2.08. The van der Waals surface area contributed by atoms with Crippen LogP contribution in [0.2, 0.25) is 0 Å². The molecule has 0 aliphatic carbocycles. The normalized spacial score (nSPS) is 9.94. The van der Waals surface area contributed by atoms with E-state index in [1.807, 2.05) is 31.2 Å². The molecule has 0 saturated heterocycles. The summed E-state index contributed by atoms with van der Waals surface area (Å²) in [4.78, 5) is 8.13. The summed E-state index contributed by atoms with van der Waals surface area (Å²) in [6, 6.07) is 9.24. The Hall–Kier alpha value is -2.30. The summed E-state index contributed by atoms with van der Waals surface area (Å²) >= 11 is 0. The standard InChI is InChI=1S/C12H14N4O/c1-2-17-10-5-3-4-9(8-10)15-12-14-7-6-11(13)16-12/h3-8H,2H2,1H3,(H3,13,14,15,16). The lowest BCUT2D eigenvalue weighted by atomic mass is 10.3. The van der Waals surface area contributed by atoms with Gasteiger partial charge >= 0.3 is 0 Å². The van der Waals surface area contributed by atoms with Crippen LogP contribution in [0, 0.1) is 0 Å². The monoisotopic (exact) mass is 230 g/mol. The minimum absolute atomic E-state index is 0.434. The van der Waals surface area contributed by atoms with Gasteiger partial charge in [0.05, 0.1) is 6.61 Å². The molecule has 0 spiro atoms. The summed E-state index contributed by atoms with van der Waals surface area (Å²) in [7, 11) is 0. The van der Waals surface area contributed by atoms with Gasteiger partial charge in [-0.1, -0.05) is 6.07 Å². The number of benzene rings is 1. The highest BCUT2D eigenvalue weighted by Crippen LogP contribution is 2.19. The maximum absolute atomic E-state index is 5.57. The highest BCUT2D eigenvalue weighted by atomic mass is 16.5. The van der Waals surface area contributed by atoms with Gasteiger partial charge in [-0.2, -0.15) is 4.98 Å². The van der Waals surface area contributed by atoms with E-state index >= 15 is 0 Å². The number of hydrogen-bond acceptors (Lipinski definition) is 5. The second kappa shape index (κ2) is 5.16. The van der Waals surface area contributed by atoms with Gasteiger partial charge in [-0.15, -0.1) is 0 Å². The molecule has 0 atom stereocenters. The molecule has 2 aromatic rings. The number of nitrogens with zero attached hydrogens (tertiary/aromatic N) is 2. The molecule has 0 radical (unpaired) electrons. The van der Waals surface area contributed by atoms with Gasteiger partial charge in [0.15, 0.2) is 0 Å². The molecule has 0 bridgehead atoms. The number of anilines is 3. The van der Waals surface area contributed by atoms with Crippen molar-refractivity contribution in [2.24, 2.45) is 0 Å². The van der Waals surface area contributed by atoms with Gasteiger partial charge < -0.3 is 15.8 Å². The number of nitrogens with two attached hydrogens (primary N) is 1. The molecule has 2 rings (SSSR count). The third-order valence-corrected chi connectivity index (χ3v) is 2.08. The highest BCUT2D eigenvalue weighted by Gasteiger charge is 1.99. The smallest absolute Gasteiger partial charge is 0.229 e. The van der Waals surface area contributed by atoms with Crippen molar-refractivity contribution in [2.45, 2.75) is 6.92 Å². The van der Waals surface area contributed by atoms with Crippen molar-refractivity contribution >= 4 is 17.5 Å². The molecule has 88 valence electrons. The van der Waals surface area contributed by atoms with E-state index in [2.05, 4.69) is 15.3 Å². The van der Waals surface area contributed by atoms with Crippen LogP contribution in [0.1, 0.15) is 6.92 Å². The van der Waals surface area contributed by atoms with Crippen molar-refractivity contribution in [3.05, 3.63) is 36.5 Å². The zero-order chi connectivity index (χ0) is 12.1. The van der Waals surface area contributed by atoms with E-state index in [1.165, 1.54) is 0 Å². The average molecular weight is 230 g/mol. The molecule has 0 aliphatic heterocycles. The van der Waals surface area contributed by atoms with E-state index in [9.17, 15) is 0 Å². The molecule has 0 amide bonds. The first-order valence-corrected chi connectivity index (χ1v) is 5.36. The zero-order valence-corrected chi connectivity index (χ0v) is 9.55. The lowest BCUT2D eigenvalue weighted by Gasteiger charge is -2.07. The van der Waals surface area contributed by atoms with Crippen molar-refractivity contribution in [3.8, 4) is 5.75 Å². The maximum atomic E-state index is 5.57. The lowest BCUT2D eigenvalue weighted by Crippen LogP contribution is -2.00. The zero-order valence-electron chi connectivity index (χ0n) is 9.55. The summed E-state index contributed by atoms with van der Waals surface area (Å²) in [6.45, 7) is 2.58. The van der Waals surface area contributed by atoms with Gasteiger partial charge in [-0.05, 0) is 25.1 Å². The van der Waals surface area contributed by atoms with Crippen LogP contribution in [0.3, 0.4) is 0 Å². The van der Waals surface area contributed by atoms with Crippen LogP contribution in [-0.2, 0) is 0 Å². The summed E-state index contributed by atoms with van der Waals surface area (Å²) in [5.74, 6) is 1.71. The molecular weight excluding hydrogens is 216 g/mol. The molecule has 0 fully saturated rings. The Morgan fingerprint density at radius 2 is 2.24 bits per heavy atom. The van der Waals surface area contributed by atoms with E-state index in [4.69, 9.17) is 10.5 Å². The quantitative estimate of drug-likeness (QED) is 0.842. The van der Waals surface area contributed by atoms with Gasteiger partial charge in [-0.3, -0.25) is 0 Å². The van der Waals surface area contributed by atoms with Gasteiger partial charge in [0.25, 0.3) is 0 Å². The Morgan fingerprint density at radius 3 is 3.00 bits per heavy atom. The molecule has 1 aromatic heterocycles. The van der Waals surface area contributed by atoms with Gasteiger partial charge in [0.2, 0.25) is 5.95 Å². The first kappa shape index (κ1) is 11.2. The van der Waals surface area contributed by atoms with Crippen molar-refractivity contribution in [1.29, 1.82) is 0 Å². The molecule has 5 nitrogen and oxygen atoms in total. The van der Waals surface area contributed by atoms with Gasteiger partial charge in [0, 0.05) is 18.0 Å². The molecule has 0 saturated carbocycles.